The lowest BCUT2D eigenvalue weighted by Gasteiger charge is -2.20. The van der Waals surface area contributed by atoms with E-state index in [0.717, 1.165) is 4.47 Å². The van der Waals surface area contributed by atoms with Gasteiger partial charge in [-0.3, -0.25) is 4.79 Å². The van der Waals surface area contributed by atoms with Crippen LogP contribution < -0.4 is 5.32 Å². The highest BCUT2D eigenvalue weighted by atomic mass is 79.9. The molecule has 1 amide bonds. The van der Waals surface area contributed by atoms with Crippen molar-refractivity contribution in [2.75, 3.05) is 0 Å². The number of alkyl halides is 3. The predicted molar refractivity (Wildman–Crippen MR) is 61.4 cm³/mol. The Hall–Kier alpha value is -1.04. The van der Waals surface area contributed by atoms with Gasteiger partial charge in [0.25, 0.3) is 0 Å². The molecule has 0 bridgehead atoms. The first kappa shape index (κ1) is 14.0. The summed E-state index contributed by atoms with van der Waals surface area (Å²) in [5.74, 6) is -0.484. The lowest BCUT2D eigenvalue weighted by Crippen LogP contribution is -2.30. The maximum Gasteiger partial charge on any atom is 0.391 e. The van der Waals surface area contributed by atoms with E-state index in [0.29, 0.717) is 5.56 Å². The number of halogens is 4. The van der Waals surface area contributed by atoms with Crippen molar-refractivity contribution in [2.24, 2.45) is 0 Å². The van der Waals surface area contributed by atoms with Crippen molar-refractivity contribution in [3.63, 3.8) is 0 Å². The van der Waals surface area contributed by atoms with E-state index in [-0.39, 0.29) is 0 Å². The first-order valence-corrected chi connectivity index (χ1v) is 5.66. The summed E-state index contributed by atoms with van der Waals surface area (Å²) in [7, 11) is 0. The van der Waals surface area contributed by atoms with Gasteiger partial charge >= 0.3 is 6.18 Å². The molecule has 17 heavy (non-hydrogen) atoms. The molecule has 0 heterocycles. The second kappa shape index (κ2) is 5.53. The maximum atomic E-state index is 12.4. The molecule has 1 rings (SSSR count). The number of nitrogens with one attached hydrogen (secondary N) is 1. The summed E-state index contributed by atoms with van der Waals surface area (Å²) in [6, 6.07) is 5.34. The van der Waals surface area contributed by atoms with Crippen LogP contribution in [0.1, 0.15) is 24.9 Å². The molecule has 0 aliphatic carbocycles. The van der Waals surface area contributed by atoms with Crippen LogP contribution in [0.25, 0.3) is 0 Å². The summed E-state index contributed by atoms with van der Waals surface area (Å²) in [4.78, 5) is 10.9. The molecule has 0 aliphatic rings. The van der Waals surface area contributed by atoms with Crippen molar-refractivity contribution in [1.29, 1.82) is 0 Å². The van der Waals surface area contributed by atoms with Gasteiger partial charge in [-0.2, -0.15) is 13.2 Å². The summed E-state index contributed by atoms with van der Waals surface area (Å²) in [6.07, 6.45) is -5.39. The number of rotatable bonds is 3. The SMILES string of the molecule is CC(=O)N[C@@H](CC(F)(F)F)c1ccc(Br)cc1. The van der Waals surface area contributed by atoms with Crippen molar-refractivity contribution in [1.82, 2.24) is 5.32 Å². The number of hydrogen-bond acceptors (Lipinski definition) is 1. The normalized spacial score (nSPS) is 13.2. The molecule has 2 nitrogen and oxygen atoms in total. The van der Waals surface area contributed by atoms with Crippen LogP contribution in [0.2, 0.25) is 0 Å². The van der Waals surface area contributed by atoms with Gasteiger partial charge in [0.1, 0.15) is 0 Å². The van der Waals surface area contributed by atoms with Crippen LogP contribution >= 0.6 is 15.9 Å². The fourth-order valence-corrected chi connectivity index (χ4v) is 1.69. The molecule has 1 N–H and O–H groups in total. The zero-order valence-corrected chi connectivity index (χ0v) is 10.6. The van der Waals surface area contributed by atoms with E-state index in [2.05, 4.69) is 21.2 Å². The topological polar surface area (TPSA) is 29.1 Å². The fraction of sp³-hybridized carbons (Fsp3) is 0.364. The van der Waals surface area contributed by atoms with Crippen LogP contribution in [-0.4, -0.2) is 12.1 Å². The highest BCUT2D eigenvalue weighted by Gasteiger charge is 2.33. The van der Waals surface area contributed by atoms with Crippen LogP contribution in [0, 0.1) is 0 Å². The van der Waals surface area contributed by atoms with Crippen molar-refractivity contribution >= 4 is 21.8 Å². The number of carbonyl (C=O) groups is 1. The van der Waals surface area contributed by atoms with Crippen LogP contribution in [-0.2, 0) is 4.79 Å². The van der Waals surface area contributed by atoms with E-state index in [1.165, 1.54) is 6.92 Å². The fourth-order valence-electron chi connectivity index (χ4n) is 1.42. The van der Waals surface area contributed by atoms with Crippen molar-refractivity contribution in [2.45, 2.75) is 25.6 Å². The standard InChI is InChI=1S/C11H11BrF3NO/c1-7(17)16-10(6-11(13,14)15)8-2-4-9(12)5-3-8/h2-5,10H,6H2,1H3,(H,16,17)/t10-/m0/s1. The number of benzene rings is 1. The molecule has 6 heteroatoms. The Morgan fingerprint density at radius 3 is 2.29 bits per heavy atom. The quantitative estimate of drug-likeness (QED) is 0.908. The second-order valence-corrected chi connectivity index (χ2v) is 4.54. The molecule has 0 unspecified atom stereocenters. The average Bonchev–Trinajstić information content (AvgIpc) is 2.14. The molecule has 0 saturated heterocycles. The summed E-state index contributed by atoms with van der Waals surface area (Å²) < 4.78 is 37.9. The third-order valence-corrected chi connectivity index (χ3v) is 2.61. The van der Waals surface area contributed by atoms with Crippen LogP contribution in [0.15, 0.2) is 28.7 Å². The smallest absolute Gasteiger partial charge is 0.349 e. The van der Waals surface area contributed by atoms with Crippen molar-refractivity contribution < 1.29 is 18.0 Å². The van der Waals surface area contributed by atoms with Gasteiger partial charge in [0, 0.05) is 11.4 Å². The van der Waals surface area contributed by atoms with Gasteiger partial charge in [0.15, 0.2) is 0 Å². The van der Waals surface area contributed by atoms with Crippen LogP contribution in [0.5, 0.6) is 0 Å². The zero-order valence-electron chi connectivity index (χ0n) is 9.01. The predicted octanol–water partition coefficient (Wildman–Crippen LogP) is 3.58. The molecule has 1 aromatic carbocycles. The molecule has 0 radical (unpaired) electrons. The summed E-state index contributed by atoms with van der Waals surface area (Å²) >= 11 is 3.20. The van der Waals surface area contributed by atoms with Crippen LogP contribution in [0.3, 0.4) is 0 Å². The molecule has 1 aromatic rings. The van der Waals surface area contributed by atoms with E-state index in [9.17, 15) is 18.0 Å². The Morgan fingerprint density at radius 1 is 1.35 bits per heavy atom. The second-order valence-electron chi connectivity index (χ2n) is 3.62. The van der Waals surface area contributed by atoms with Gasteiger partial charge in [-0.25, -0.2) is 0 Å². The minimum absolute atomic E-state index is 0.431. The maximum absolute atomic E-state index is 12.4. The van der Waals surface area contributed by atoms with Gasteiger partial charge in [-0.1, -0.05) is 28.1 Å². The first-order valence-electron chi connectivity index (χ1n) is 4.87. The van der Waals surface area contributed by atoms with E-state index in [1.807, 2.05) is 0 Å². The molecule has 0 aromatic heterocycles. The molecule has 94 valence electrons. The summed E-state index contributed by atoms with van der Waals surface area (Å²) in [5, 5.41) is 2.30. The highest BCUT2D eigenvalue weighted by Crippen LogP contribution is 2.30. The molecule has 0 aliphatic heterocycles. The Morgan fingerprint density at radius 2 is 1.88 bits per heavy atom. The molecule has 0 saturated carbocycles. The lowest BCUT2D eigenvalue weighted by molar-refractivity contribution is -0.142. The Bertz CT molecular complexity index is 389. The van der Waals surface area contributed by atoms with Crippen molar-refractivity contribution in [3.8, 4) is 0 Å². The van der Waals surface area contributed by atoms with Crippen molar-refractivity contribution in [3.05, 3.63) is 34.3 Å². The number of hydrogen-bond donors (Lipinski definition) is 1. The van der Waals surface area contributed by atoms with E-state index >= 15 is 0 Å². The van der Waals surface area contributed by atoms with E-state index in [4.69, 9.17) is 0 Å². The molecular weight excluding hydrogens is 299 g/mol. The van der Waals surface area contributed by atoms with Gasteiger partial charge in [-0.05, 0) is 17.7 Å². The third kappa shape index (κ3) is 5.21. The van der Waals surface area contributed by atoms with Gasteiger partial charge in [0.05, 0.1) is 12.5 Å². The molecule has 0 spiro atoms. The monoisotopic (exact) mass is 309 g/mol. The van der Waals surface area contributed by atoms with Gasteiger partial charge in [0.2, 0.25) is 5.91 Å². The Kier molecular flexibility index (Phi) is 4.56. The van der Waals surface area contributed by atoms with E-state index in [1.54, 1.807) is 24.3 Å². The van der Waals surface area contributed by atoms with Gasteiger partial charge < -0.3 is 5.32 Å². The summed E-state index contributed by atoms with van der Waals surface area (Å²) in [5.41, 5.74) is 0.431. The zero-order chi connectivity index (χ0) is 13.1. The summed E-state index contributed by atoms with van der Waals surface area (Å²) in [6.45, 7) is 1.20. The largest absolute Gasteiger partial charge is 0.391 e. The Labute approximate surface area is 105 Å². The lowest BCUT2D eigenvalue weighted by atomic mass is 10.0. The van der Waals surface area contributed by atoms with Crippen LogP contribution in [0.4, 0.5) is 13.2 Å². The highest BCUT2D eigenvalue weighted by molar-refractivity contribution is 9.10. The minimum atomic E-state index is -4.32. The average molecular weight is 310 g/mol. The number of amides is 1. The molecule has 0 fully saturated rings. The van der Waals surface area contributed by atoms with Gasteiger partial charge in [-0.15, -0.1) is 0 Å². The third-order valence-electron chi connectivity index (χ3n) is 2.09. The molecular formula is C11H11BrF3NO. The number of carbonyl (C=O) groups excluding carboxylic acids is 1. The first-order chi connectivity index (χ1) is 7.78. The molecule has 1 atom stereocenters. The van der Waals surface area contributed by atoms with E-state index < -0.39 is 24.5 Å². The Balaban J connectivity index is 2.89. The minimum Gasteiger partial charge on any atom is -0.349 e.